The maximum absolute atomic E-state index is 12.0. The topological polar surface area (TPSA) is 30.0 Å². The van der Waals surface area contributed by atoms with E-state index in [1.807, 2.05) is 49.4 Å². The summed E-state index contributed by atoms with van der Waals surface area (Å²) in [6.45, 7) is 2.03. The van der Waals surface area contributed by atoms with Gasteiger partial charge in [0, 0.05) is 29.0 Å². The molecule has 1 atom stereocenters. The molecular formula is C14H15NOS. The lowest BCUT2D eigenvalue weighted by molar-refractivity contribution is 0.682. The summed E-state index contributed by atoms with van der Waals surface area (Å²) in [4.78, 5) is 5.12. The number of hydrogen-bond donors (Lipinski definition) is 0. The normalized spacial score (nSPS) is 12.3. The van der Waals surface area contributed by atoms with Gasteiger partial charge in [-0.25, -0.2) is 0 Å². The Hall–Kier alpha value is -1.48. The van der Waals surface area contributed by atoms with E-state index in [0.29, 0.717) is 5.75 Å². The van der Waals surface area contributed by atoms with Gasteiger partial charge in [-0.05, 0) is 31.2 Å². The van der Waals surface area contributed by atoms with Crippen LogP contribution >= 0.6 is 0 Å². The zero-order valence-electron chi connectivity index (χ0n) is 9.80. The average molecular weight is 245 g/mol. The predicted octanol–water partition coefficient (Wildman–Crippen LogP) is 2.74. The molecule has 3 heteroatoms. The lowest BCUT2D eigenvalue weighted by Gasteiger charge is -2.02. The van der Waals surface area contributed by atoms with Crippen molar-refractivity contribution in [3.63, 3.8) is 0 Å². The van der Waals surface area contributed by atoms with E-state index in [-0.39, 0.29) is 0 Å². The van der Waals surface area contributed by atoms with Crippen molar-refractivity contribution in [3.05, 3.63) is 59.9 Å². The largest absolute Gasteiger partial charge is 0.261 e. The Bertz CT molecular complexity index is 493. The van der Waals surface area contributed by atoms with Crippen LogP contribution in [0, 0.1) is 6.92 Å². The third-order valence-corrected chi connectivity index (χ3v) is 3.93. The SMILES string of the molecule is Cc1ccc(S(=O)CCc2ccccn2)cc1. The van der Waals surface area contributed by atoms with Crippen LogP contribution in [0.5, 0.6) is 0 Å². The standard InChI is InChI=1S/C14H15NOS/c1-12-5-7-14(8-6-12)17(16)11-9-13-4-2-3-10-15-13/h2-8,10H,9,11H2,1H3. The van der Waals surface area contributed by atoms with E-state index >= 15 is 0 Å². The molecule has 0 saturated carbocycles. The first-order valence-electron chi connectivity index (χ1n) is 5.60. The second-order valence-electron chi connectivity index (χ2n) is 3.93. The quantitative estimate of drug-likeness (QED) is 0.829. The van der Waals surface area contributed by atoms with Gasteiger partial charge in [-0.1, -0.05) is 23.8 Å². The monoisotopic (exact) mass is 245 g/mol. The van der Waals surface area contributed by atoms with Crippen molar-refractivity contribution in [1.29, 1.82) is 0 Å². The van der Waals surface area contributed by atoms with Crippen LogP contribution in [0.15, 0.2) is 53.6 Å². The fourth-order valence-corrected chi connectivity index (χ4v) is 2.62. The highest BCUT2D eigenvalue weighted by Gasteiger charge is 2.04. The molecule has 1 unspecified atom stereocenters. The van der Waals surface area contributed by atoms with Gasteiger partial charge < -0.3 is 0 Å². The van der Waals surface area contributed by atoms with Gasteiger partial charge in [-0.3, -0.25) is 9.19 Å². The van der Waals surface area contributed by atoms with Gasteiger partial charge in [0.25, 0.3) is 0 Å². The van der Waals surface area contributed by atoms with E-state index in [1.54, 1.807) is 6.20 Å². The van der Waals surface area contributed by atoms with Gasteiger partial charge in [0.1, 0.15) is 0 Å². The van der Waals surface area contributed by atoms with Crippen molar-refractivity contribution in [2.24, 2.45) is 0 Å². The minimum atomic E-state index is -0.932. The Morgan fingerprint density at radius 3 is 2.53 bits per heavy atom. The Labute approximate surface area is 104 Å². The lowest BCUT2D eigenvalue weighted by atomic mass is 10.2. The highest BCUT2D eigenvalue weighted by Crippen LogP contribution is 2.09. The van der Waals surface area contributed by atoms with Crippen LogP contribution in [0.1, 0.15) is 11.3 Å². The van der Waals surface area contributed by atoms with E-state index in [4.69, 9.17) is 0 Å². The van der Waals surface area contributed by atoms with Crippen molar-refractivity contribution >= 4 is 10.8 Å². The molecule has 2 nitrogen and oxygen atoms in total. The number of hydrogen-bond acceptors (Lipinski definition) is 2. The van der Waals surface area contributed by atoms with E-state index in [9.17, 15) is 4.21 Å². The molecule has 0 radical (unpaired) electrons. The Balaban J connectivity index is 1.96. The second-order valence-corrected chi connectivity index (χ2v) is 5.50. The summed E-state index contributed by atoms with van der Waals surface area (Å²) >= 11 is 0. The van der Waals surface area contributed by atoms with Crippen LogP contribution in [0.2, 0.25) is 0 Å². The fraction of sp³-hybridized carbons (Fsp3) is 0.214. The number of nitrogens with zero attached hydrogens (tertiary/aromatic N) is 1. The van der Waals surface area contributed by atoms with Gasteiger partial charge in [0.15, 0.2) is 0 Å². The Morgan fingerprint density at radius 1 is 1.12 bits per heavy atom. The van der Waals surface area contributed by atoms with E-state index in [2.05, 4.69) is 4.98 Å². The smallest absolute Gasteiger partial charge is 0.0533 e. The van der Waals surface area contributed by atoms with E-state index in [1.165, 1.54) is 5.56 Å². The first-order valence-corrected chi connectivity index (χ1v) is 6.92. The highest BCUT2D eigenvalue weighted by molar-refractivity contribution is 7.85. The molecule has 0 saturated heterocycles. The molecule has 0 aliphatic carbocycles. The molecule has 0 fully saturated rings. The molecule has 0 bridgehead atoms. The average Bonchev–Trinajstić information content (AvgIpc) is 2.38. The van der Waals surface area contributed by atoms with Crippen molar-refractivity contribution in [2.75, 3.05) is 5.75 Å². The molecule has 0 spiro atoms. The van der Waals surface area contributed by atoms with Crippen LogP contribution < -0.4 is 0 Å². The van der Waals surface area contributed by atoms with Crippen molar-refractivity contribution in [1.82, 2.24) is 4.98 Å². The van der Waals surface area contributed by atoms with Gasteiger partial charge in [0.2, 0.25) is 0 Å². The highest BCUT2D eigenvalue weighted by atomic mass is 32.2. The summed E-state index contributed by atoms with van der Waals surface area (Å²) in [7, 11) is -0.932. The summed E-state index contributed by atoms with van der Waals surface area (Å²) in [5.74, 6) is 0.625. The second kappa shape index (κ2) is 5.73. The number of rotatable bonds is 4. The van der Waals surface area contributed by atoms with Crippen molar-refractivity contribution in [2.45, 2.75) is 18.2 Å². The van der Waals surface area contributed by atoms with Crippen LogP contribution in [0.25, 0.3) is 0 Å². The third kappa shape index (κ3) is 3.49. The first kappa shape index (κ1) is 12.0. The zero-order valence-corrected chi connectivity index (χ0v) is 10.6. The van der Waals surface area contributed by atoms with Gasteiger partial charge in [0.05, 0.1) is 10.8 Å². The maximum atomic E-state index is 12.0. The predicted molar refractivity (Wildman–Crippen MR) is 70.4 cm³/mol. The molecular weight excluding hydrogens is 230 g/mol. The molecule has 0 amide bonds. The van der Waals surface area contributed by atoms with Crippen molar-refractivity contribution in [3.8, 4) is 0 Å². The fourth-order valence-electron chi connectivity index (χ4n) is 1.55. The molecule has 1 aromatic heterocycles. The molecule has 1 aromatic carbocycles. The molecule has 0 aliphatic rings. The molecule has 17 heavy (non-hydrogen) atoms. The number of aromatic nitrogens is 1. The zero-order chi connectivity index (χ0) is 12.1. The lowest BCUT2D eigenvalue weighted by Crippen LogP contribution is -2.02. The van der Waals surface area contributed by atoms with Gasteiger partial charge in [-0.2, -0.15) is 0 Å². The molecule has 2 rings (SSSR count). The molecule has 0 aliphatic heterocycles. The summed E-state index contributed by atoms with van der Waals surface area (Å²) < 4.78 is 12.0. The maximum Gasteiger partial charge on any atom is 0.0533 e. The third-order valence-electron chi connectivity index (χ3n) is 2.55. The molecule has 1 heterocycles. The van der Waals surface area contributed by atoms with Crippen LogP contribution in [-0.2, 0) is 17.2 Å². The van der Waals surface area contributed by atoms with Crippen LogP contribution in [0.4, 0.5) is 0 Å². The summed E-state index contributed by atoms with van der Waals surface area (Å²) in [5, 5.41) is 0. The number of aryl methyl sites for hydroxylation is 2. The minimum Gasteiger partial charge on any atom is -0.261 e. The van der Waals surface area contributed by atoms with Gasteiger partial charge >= 0.3 is 0 Å². The van der Waals surface area contributed by atoms with Crippen LogP contribution in [0.3, 0.4) is 0 Å². The Kier molecular flexibility index (Phi) is 4.04. The molecule has 2 aromatic rings. The summed E-state index contributed by atoms with van der Waals surface area (Å²) in [5.41, 5.74) is 2.18. The summed E-state index contributed by atoms with van der Waals surface area (Å²) in [6, 6.07) is 13.7. The van der Waals surface area contributed by atoms with Gasteiger partial charge in [-0.15, -0.1) is 0 Å². The van der Waals surface area contributed by atoms with Crippen molar-refractivity contribution < 1.29 is 4.21 Å². The molecule has 88 valence electrons. The number of pyridine rings is 1. The van der Waals surface area contributed by atoms with E-state index < -0.39 is 10.8 Å². The number of benzene rings is 1. The van der Waals surface area contributed by atoms with E-state index in [0.717, 1.165) is 17.0 Å². The minimum absolute atomic E-state index is 0.625. The molecule has 0 N–H and O–H groups in total. The summed E-state index contributed by atoms with van der Waals surface area (Å²) in [6.07, 6.45) is 2.52. The Morgan fingerprint density at radius 2 is 1.88 bits per heavy atom. The van der Waals surface area contributed by atoms with Crippen LogP contribution in [-0.4, -0.2) is 14.9 Å². The first-order chi connectivity index (χ1) is 8.25.